The average Bonchev–Trinajstić information content (AvgIpc) is 3.00. The van der Waals surface area contributed by atoms with Gasteiger partial charge in [0.25, 0.3) is 5.91 Å². The zero-order valence-electron chi connectivity index (χ0n) is 13.1. The molecule has 0 aliphatic heterocycles. The molecule has 0 saturated carbocycles. The zero-order valence-corrected chi connectivity index (χ0v) is 13.1. The number of halogens is 3. The molecule has 0 spiro atoms. The number of carbonyl (C=O) groups excluding carboxylic acids is 1. The molecule has 1 amide bonds. The second kappa shape index (κ2) is 7.85. The minimum atomic E-state index is -4.37. The molecule has 1 heterocycles. The van der Waals surface area contributed by atoms with Crippen molar-refractivity contribution in [1.29, 1.82) is 0 Å². The number of amides is 1. The Labute approximate surface area is 137 Å². The Morgan fingerprint density at radius 3 is 2.62 bits per heavy atom. The molecule has 2 rings (SSSR count). The number of benzene rings is 1. The van der Waals surface area contributed by atoms with Crippen molar-refractivity contribution in [2.24, 2.45) is 0 Å². The monoisotopic (exact) mass is 341 g/mol. The largest absolute Gasteiger partial charge is 0.492 e. The molecular weight excluding hydrogens is 323 g/mol. The van der Waals surface area contributed by atoms with Gasteiger partial charge in [-0.25, -0.2) is 0 Å². The van der Waals surface area contributed by atoms with Crippen molar-refractivity contribution in [1.82, 2.24) is 15.5 Å². The van der Waals surface area contributed by atoms with Gasteiger partial charge in [0.2, 0.25) is 0 Å². The number of rotatable bonds is 7. The van der Waals surface area contributed by atoms with Gasteiger partial charge in [0.05, 0.1) is 12.1 Å². The average molecular weight is 341 g/mol. The molecule has 0 unspecified atom stereocenters. The molecule has 0 bridgehead atoms. The molecule has 0 atom stereocenters. The second-order valence-electron chi connectivity index (χ2n) is 5.15. The van der Waals surface area contributed by atoms with Gasteiger partial charge in [-0.3, -0.25) is 9.89 Å². The summed E-state index contributed by atoms with van der Waals surface area (Å²) in [6, 6.07) is 6.08. The molecular formula is C16H18F3N3O2. The van der Waals surface area contributed by atoms with Crippen LogP contribution in [0, 0.1) is 0 Å². The SMILES string of the molecule is CCCc1cc(C(=O)NCCOc2ccc(C(F)(F)F)cc2)n[nH]1. The van der Waals surface area contributed by atoms with Gasteiger partial charge in [-0.15, -0.1) is 0 Å². The van der Waals surface area contributed by atoms with E-state index in [0.29, 0.717) is 11.4 Å². The Bertz CT molecular complexity index is 666. The number of nitrogens with one attached hydrogen (secondary N) is 2. The molecule has 0 radical (unpaired) electrons. The summed E-state index contributed by atoms with van der Waals surface area (Å²) in [5, 5.41) is 9.34. The second-order valence-corrected chi connectivity index (χ2v) is 5.15. The van der Waals surface area contributed by atoms with Gasteiger partial charge in [-0.05, 0) is 36.8 Å². The van der Waals surface area contributed by atoms with Crippen LogP contribution in [-0.2, 0) is 12.6 Å². The number of aromatic nitrogens is 2. The number of hydrogen-bond donors (Lipinski definition) is 2. The van der Waals surface area contributed by atoms with Crippen LogP contribution in [0.25, 0.3) is 0 Å². The van der Waals surface area contributed by atoms with E-state index in [0.717, 1.165) is 30.7 Å². The summed E-state index contributed by atoms with van der Waals surface area (Å²) < 4.78 is 42.6. The summed E-state index contributed by atoms with van der Waals surface area (Å²) in [4.78, 5) is 11.9. The summed E-state index contributed by atoms with van der Waals surface area (Å²) in [6.07, 6.45) is -2.60. The van der Waals surface area contributed by atoms with Crippen LogP contribution in [0.4, 0.5) is 13.2 Å². The number of H-pyrrole nitrogens is 1. The first-order chi connectivity index (χ1) is 11.4. The molecule has 1 aromatic carbocycles. The van der Waals surface area contributed by atoms with Crippen LogP contribution >= 0.6 is 0 Å². The minimum absolute atomic E-state index is 0.142. The quantitative estimate of drug-likeness (QED) is 0.760. The van der Waals surface area contributed by atoms with Crippen molar-refractivity contribution >= 4 is 5.91 Å². The summed E-state index contributed by atoms with van der Waals surface area (Å²) in [7, 11) is 0. The molecule has 2 aromatic rings. The predicted octanol–water partition coefficient (Wildman–Crippen LogP) is 3.19. The molecule has 5 nitrogen and oxygen atoms in total. The normalized spacial score (nSPS) is 11.3. The van der Waals surface area contributed by atoms with Gasteiger partial charge >= 0.3 is 6.18 Å². The van der Waals surface area contributed by atoms with E-state index < -0.39 is 11.7 Å². The van der Waals surface area contributed by atoms with E-state index in [1.54, 1.807) is 6.07 Å². The highest BCUT2D eigenvalue weighted by molar-refractivity contribution is 5.92. The van der Waals surface area contributed by atoms with Crippen LogP contribution in [0.15, 0.2) is 30.3 Å². The third-order valence-corrected chi connectivity index (χ3v) is 3.22. The van der Waals surface area contributed by atoms with Crippen LogP contribution in [0.2, 0.25) is 0 Å². The lowest BCUT2D eigenvalue weighted by molar-refractivity contribution is -0.137. The van der Waals surface area contributed by atoms with Gasteiger partial charge in [-0.2, -0.15) is 18.3 Å². The summed E-state index contributed by atoms with van der Waals surface area (Å²) in [5.41, 5.74) is 0.459. The topological polar surface area (TPSA) is 67.0 Å². The van der Waals surface area contributed by atoms with Crippen LogP contribution in [0.3, 0.4) is 0 Å². The Balaban J connectivity index is 1.75. The van der Waals surface area contributed by atoms with Crippen molar-refractivity contribution in [2.45, 2.75) is 25.9 Å². The van der Waals surface area contributed by atoms with Crippen molar-refractivity contribution < 1.29 is 22.7 Å². The Kier molecular flexibility index (Phi) is 5.83. The highest BCUT2D eigenvalue weighted by atomic mass is 19.4. The first kappa shape index (κ1) is 17.8. The molecule has 0 fully saturated rings. The van der Waals surface area contributed by atoms with Gasteiger partial charge in [0, 0.05) is 5.69 Å². The Hall–Kier alpha value is -2.51. The van der Waals surface area contributed by atoms with Gasteiger partial charge < -0.3 is 10.1 Å². The van der Waals surface area contributed by atoms with Crippen molar-refractivity contribution in [3.8, 4) is 5.75 Å². The van der Waals surface area contributed by atoms with E-state index >= 15 is 0 Å². The third kappa shape index (κ3) is 5.00. The van der Waals surface area contributed by atoms with Crippen LogP contribution in [0.5, 0.6) is 5.75 Å². The molecule has 24 heavy (non-hydrogen) atoms. The maximum absolute atomic E-state index is 12.4. The van der Waals surface area contributed by atoms with Crippen LogP contribution in [-0.4, -0.2) is 29.3 Å². The molecule has 0 aliphatic rings. The number of hydrogen-bond acceptors (Lipinski definition) is 3. The first-order valence-electron chi connectivity index (χ1n) is 7.52. The lowest BCUT2D eigenvalue weighted by Gasteiger charge is -2.09. The lowest BCUT2D eigenvalue weighted by atomic mass is 10.2. The Morgan fingerprint density at radius 1 is 1.29 bits per heavy atom. The van der Waals surface area contributed by atoms with Crippen LogP contribution < -0.4 is 10.1 Å². The van der Waals surface area contributed by atoms with E-state index in [9.17, 15) is 18.0 Å². The molecule has 0 aliphatic carbocycles. The first-order valence-corrected chi connectivity index (χ1v) is 7.52. The lowest BCUT2D eigenvalue weighted by Crippen LogP contribution is -2.28. The fraction of sp³-hybridized carbons (Fsp3) is 0.375. The standard InChI is InChI=1S/C16H18F3N3O2/c1-2-3-12-10-14(22-21-12)15(23)20-8-9-24-13-6-4-11(5-7-13)16(17,18)19/h4-7,10H,2-3,8-9H2,1H3,(H,20,23)(H,21,22). The molecule has 130 valence electrons. The van der Waals surface area contributed by atoms with E-state index in [-0.39, 0.29) is 19.1 Å². The van der Waals surface area contributed by atoms with Crippen LogP contribution in [0.1, 0.15) is 35.1 Å². The maximum Gasteiger partial charge on any atom is 0.416 e. The smallest absolute Gasteiger partial charge is 0.416 e. The number of aromatic amines is 1. The van der Waals surface area contributed by atoms with E-state index in [1.165, 1.54) is 12.1 Å². The Morgan fingerprint density at radius 2 is 2.00 bits per heavy atom. The fourth-order valence-corrected chi connectivity index (χ4v) is 2.04. The summed E-state index contributed by atoms with van der Waals surface area (Å²) in [6.45, 7) is 2.39. The summed E-state index contributed by atoms with van der Waals surface area (Å²) >= 11 is 0. The highest BCUT2D eigenvalue weighted by Crippen LogP contribution is 2.30. The summed E-state index contributed by atoms with van der Waals surface area (Å²) in [5.74, 6) is -0.0214. The molecule has 0 saturated heterocycles. The zero-order chi connectivity index (χ0) is 17.6. The van der Waals surface area contributed by atoms with E-state index in [4.69, 9.17) is 4.74 Å². The highest BCUT2D eigenvalue weighted by Gasteiger charge is 2.29. The molecule has 2 N–H and O–H groups in total. The van der Waals surface area contributed by atoms with Crippen molar-refractivity contribution in [3.63, 3.8) is 0 Å². The van der Waals surface area contributed by atoms with Crippen molar-refractivity contribution in [3.05, 3.63) is 47.3 Å². The number of ether oxygens (including phenoxy) is 1. The van der Waals surface area contributed by atoms with Gasteiger partial charge in [0.15, 0.2) is 0 Å². The van der Waals surface area contributed by atoms with Gasteiger partial charge in [0.1, 0.15) is 18.1 Å². The number of alkyl halides is 3. The van der Waals surface area contributed by atoms with E-state index in [1.807, 2.05) is 6.92 Å². The number of carbonyl (C=O) groups is 1. The van der Waals surface area contributed by atoms with Crippen molar-refractivity contribution in [2.75, 3.05) is 13.2 Å². The van der Waals surface area contributed by atoms with Gasteiger partial charge in [-0.1, -0.05) is 13.3 Å². The minimum Gasteiger partial charge on any atom is -0.492 e. The fourth-order valence-electron chi connectivity index (χ4n) is 2.04. The number of nitrogens with zero attached hydrogens (tertiary/aromatic N) is 1. The number of aryl methyl sites for hydroxylation is 1. The molecule has 8 heteroatoms. The molecule has 1 aromatic heterocycles. The predicted molar refractivity (Wildman–Crippen MR) is 81.9 cm³/mol. The van der Waals surface area contributed by atoms with E-state index in [2.05, 4.69) is 15.5 Å². The third-order valence-electron chi connectivity index (χ3n) is 3.22. The maximum atomic E-state index is 12.4.